The highest BCUT2D eigenvalue weighted by atomic mass is 16.5. The van der Waals surface area contributed by atoms with Gasteiger partial charge >= 0.3 is 5.97 Å². The average molecular weight is 272 g/mol. The van der Waals surface area contributed by atoms with Crippen LogP contribution < -0.4 is 5.32 Å². The van der Waals surface area contributed by atoms with E-state index in [-0.39, 0.29) is 5.97 Å². The van der Waals surface area contributed by atoms with Crippen LogP contribution in [0.2, 0.25) is 0 Å². The Morgan fingerprint density at radius 3 is 2.63 bits per heavy atom. The summed E-state index contributed by atoms with van der Waals surface area (Å²) in [5, 5.41) is 3.26. The maximum Gasteiger partial charge on any atom is 0.327 e. The van der Waals surface area contributed by atoms with Crippen LogP contribution >= 0.6 is 0 Å². The zero-order valence-corrected chi connectivity index (χ0v) is 12.9. The lowest BCUT2D eigenvalue weighted by Gasteiger charge is -2.41. The van der Waals surface area contributed by atoms with Gasteiger partial charge in [0, 0.05) is 26.2 Å². The molecular formula is C14H28N2O3. The molecule has 0 radical (unpaired) electrons. The Morgan fingerprint density at radius 2 is 2.16 bits per heavy atom. The molecule has 1 saturated heterocycles. The molecule has 0 spiro atoms. The lowest BCUT2D eigenvalue weighted by atomic mass is 9.95. The summed E-state index contributed by atoms with van der Waals surface area (Å²) < 4.78 is 10.4. The fraction of sp³-hybridized carbons (Fsp3) is 0.929. The Balaban J connectivity index is 2.67. The summed E-state index contributed by atoms with van der Waals surface area (Å²) in [6.45, 7) is 8.48. The Labute approximate surface area is 116 Å². The molecule has 0 bridgehead atoms. The number of ether oxygens (including phenoxy) is 2. The van der Waals surface area contributed by atoms with Crippen molar-refractivity contribution in [3.63, 3.8) is 0 Å². The summed E-state index contributed by atoms with van der Waals surface area (Å²) in [5.74, 6) is -0.199. The standard InChI is InChI=1S/C14H28N2O3/c1-6-15-14(3,13(17)19-5)10-16-8-7-12(18-4)9-11(16)2/h11-12,15H,6-10H2,1-5H3. The highest BCUT2D eigenvalue weighted by molar-refractivity contribution is 5.80. The molecule has 1 heterocycles. The molecule has 112 valence electrons. The Bertz CT molecular complexity index is 298. The van der Waals surface area contributed by atoms with E-state index in [0.29, 0.717) is 18.7 Å². The van der Waals surface area contributed by atoms with Gasteiger partial charge in [-0.1, -0.05) is 6.92 Å². The lowest BCUT2D eigenvalue weighted by Crippen LogP contribution is -2.60. The van der Waals surface area contributed by atoms with E-state index in [9.17, 15) is 4.79 Å². The lowest BCUT2D eigenvalue weighted by molar-refractivity contribution is -0.149. The minimum Gasteiger partial charge on any atom is -0.468 e. The zero-order valence-electron chi connectivity index (χ0n) is 12.9. The second kappa shape index (κ2) is 7.22. The van der Waals surface area contributed by atoms with Gasteiger partial charge in [-0.25, -0.2) is 0 Å². The van der Waals surface area contributed by atoms with E-state index in [1.165, 1.54) is 7.11 Å². The molecule has 1 fully saturated rings. The number of hydrogen-bond acceptors (Lipinski definition) is 5. The third-order valence-electron chi connectivity index (χ3n) is 4.02. The van der Waals surface area contributed by atoms with Crippen LogP contribution in [0.25, 0.3) is 0 Å². The first-order valence-corrected chi connectivity index (χ1v) is 7.07. The van der Waals surface area contributed by atoms with Gasteiger partial charge in [-0.2, -0.15) is 0 Å². The minimum atomic E-state index is -0.641. The van der Waals surface area contributed by atoms with Gasteiger partial charge in [-0.05, 0) is 33.2 Å². The number of methoxy groups -OCH3 is 2. The van der Waals surface area contributed by atoms with Gasteiger partial charge in [0.2, 0.25) is 0 Å². The van der Waals surface area contributed by atoms with Crippen molar-refractivity contribution in [1.82, 2.24) is 10.2 Å². The monoisotopic (exact) mass is 272 g/mol. The average Bonchev–Trinajstić information content (AvgIpc) is 2.40. The van der Waals surface area contributed by atoms with Crippen molar-refractivity contribution in [1.29, 1.82) is 0 Å². The summed E-state index contributed by atoms with van der Waals surface area (Å²) in [7, 11) is 3.21. The van der Waals surface area contributed by atoms with E-state index in [0.717, 1.165) is 25.9 Å². The molecule has 3 unspecified atom stereocenters. The first kappa shape index (κ1) is 16.4. The summed E-state index contributed by atoms with van der Waals surface area (Å²) in [6, 6.07) is 0.418. The van der Waals surface area contributed by atoms with Gasteiger partial charge in [0.15, 0.2) is 0 Å². The summed E-state index contributed by atoms with van der Waals surface area (Å²) in [5.41, 5.74) is -0.641. The molecule has 0 aliphatic carbocycles. The Hall–Kier alpha value is -0.650. The van der Waals surface area contributed by atoms with E-state index in [2.05, 4.69) is 17.1 Å². The molecule has 0 aromatic heterocycles. The maximum absolute atomic E-state index is 12.0. The predicted octanol–water partition coefficient (Wildman–Crippen LogP) is 1.03. The van der Waals surface area contributed by atoms with Crippen LogP contribution in [-0.4, -0.2) is 62.4 Å². The van der Waals surface area contributed by atoms with Crippen LogP contribution in [0.3, 0.4) is 0 Å². The molecule has 1 rings (SSSR count). The number of carbonyl (C=O) groups is 1. The molecule has 0 aromatic rings. The second-order valence-corrected chi connectivity index (χ2v) is 5.56. The Kier molecular flexibility index (Phi) is 6.23. The van der Waals surface area contributed by atoms with E-state index < -0.39 is 5.54 Å². The Morgan fingerprint density at radius 1 is 1.47 bits per heavy atom. The highest BCUT2D eigenvalue weighted by Gasteiger charge is 2.38. The number of likely N-dealkylation sites (N-methyl/N-ethyl adjacent to an activating group) is 1. The van der Waals surface area contributed by atoms with Crippen LogP contribution in [-0.2, 0) is 14.3 Å². The summed E-state index contributed by atoms with van der Waals surface area (Å²) in [6.07, 6.45) is 2.37. The number of rotatable bonds is 6. The molecule has 1 N–H and O–H groups in total. The largest absolute Gasteiger partial charge is 0.468 e. The molecule has 0 saturated carbocycles. The molecule has 3 atom stereocenters. The van der Waals surface area contributed by atoms with Crippen LogP contribution in [0, 0.1) is 0 Å². The van der Waals surface area contributed by atoms with Gasteiger partial charge in [0.1, 0.15) is 5.54 Å². The molecule has 19 heavy (non-hydrogen) atoms. The number of piperidine rings is 1. The second-order valence-electron chi connectivity index (χ2n) is 5.56. The van der Waals surface area contributed by atoms with E-state index in [1.807, 2.05) is 13.8 Å². The third kappa shape index (κ3) is 4.16. The number of nitrogens with zero attached hydrogens (tertiary/aromatic N) is 1. The van der Waals surface area contributed by atoms with Crippen LogP contribution in [0.4, 0.5) is 0 Å². The van der Waals surface area contributed by atoms with Crippen molar-refractivity contribution in [3.05, 3.63) is 0 Å². The van der Waals surface area contributed by atoms with Gasteiger partial charge in [0.25, 0.3) is 0 Å². The number of carbonyl (C=O) groups excluding carboxylic acids is 1. The molecular weight excluding hydrogens is 244 g/mol. The number of nitrogens with one attached hydrogen (secondary N) is 1. The normalized spacial score (nSPS) is 27.8. The number of likely N-dealkylation sites (tertiary alicyclic amines) is 1. The molecule has 1 aliphatic heterocycles. The van der Waals surface area contributed by atoms with Crippen molar-refractivity contribution in [3.8, 4) is 0 Å². The van der Waals surface area contributed by atoms with Gasteiger partial charge in [0.05, 0.1) is 13.2 Å². The first-order valence-electron chi connectivity index (χ1n) is 7.07. The van der Waals surface area contributed by atoms with E-state index >= 15 is 0 Å². The van der Waals surface area contributed by atoms with Crippen LogP contribution in [0.15, 0.2) is 0 Å². The summed E-state index contributed by atoms with van der Waals surface area (Å²) in [4.78, 5) is 14.3. The SMILES string of the molecule is CCNC(C)(CN1CCC(OC)CC1C)C(=O)OC. The summed E-state index contributed by atoms with van der Waals surface area (Å²) >= 11 is 0. The van der Waals surface area contributed by atoms with Crippen LogP contribution in [0.1, 0.15) is 33.6 Å². The fourth-order valence-corrected chi connectivity index (χ4v) is 2.84. The minimum absolute atomic E-state index is 0.199. The van der Waals surface area contributed by atoms with Crippen LogP contribution in [0.5, 0.6) is 0 Å². The maximum atomic E-state index is 12.0. The van der Waals surface area contributed by atoms with Gasteiger partial charge < -0.3 is 14.8 Å². The molecule has 0 aromatic carbocycles. The van der Waals surface area contributed by atoms with E-state index in [4.69, 9.17) is 9.47 Å². The molecule has 0 amide bonds. The predicted molar refractivity (Wildman–Crippen MR) is 75.2 cm³/mol. The van der Waals surface area contributed by atoms with E-state index in [1.54, 1.807) is 7.11 Å². The number of hydrogen-bond donors (Lipinski definition) is 1. The number of esters is 1. The molecule has 1 aliphatic rings. The van der Waals surface area contributed by atoms with Crippen molar-refractivity contribution in [2.45, 2.75) is 51.3 Å². The van der Waals surface area contributed by atoms with Crippen molar-refractivity contribution < 1.29 is 14.3 Å². The molecule has 5 heteroatoms. The van der Waals surface area contributed by atoms with Crippen molar-refractivity contribution in [2.24, 2.45) is 0 Å². The fourth-order valence-electron chi connectivity index (χ4n) is 2.84. The van der Waals surface area contributed by atoms with Crippen molar-refractivity contribution in [2.75, 3.05) is 33.9 Å². The smallest absolute Gasteiger partial charge is 0.327 e. The zero-order chi connectivity index (χ0) is 14.5. The van der Waals surface area contributed by atoms with Gasteiger partial charge in [-0.3, -0.25) is 9.69 Å². The van der Waals surface area contributed by atoms with Gasteiger partial charge in [-0.15, -0.1) is 0 Å². The highest BCUT2D eigenvalue weighted by Crippen LogP contribution is 2.22. The third-order valence-corrected chi connectivity index (χ3v) is 4.02. The topological polar surface area (TPSA) is 50.8 Å². The molecule has 5 nitrogen and oxygen atoms in total. The van der Waals surface area contributed by atoms with Crippen molar-refractivity contribution >= 4 is 5.97 Å². The quantitative estimate of drug-likeness (QED) is 0.732. The first-order chi connectivity index (χ1) is 8.96.